The molecule has 2 heterocycles. The largest absolute Gasteiger partial charge is 0.379 e. The smallest absolute Gasteiger partial charge is 0.260 e. The predicted molar refractivity (Wildman–Crippen MR) is 92.9 cm³/mol. The van der Waals surface area contributed by atoms with Crippen LogP contribution >= 0.6 is 0 Å². The van der Waals surface area contributed by atoms with E-state index >= 15 is 0 Å². The molecule has 0 amide bonds. The summed E-state index contributed by atoms with van der Waals surface area (Å²) in [6.45, 7) is 0.251. The molecule has 5 rings (SSSR count). The molecule has 1 unspecified atom stereocenters. The SMILES string of the molecule is O=S(=O)(C1Cc2ccccc2C1)N1CCC(O)(c2nc(C3CC3)no2)C1. The first-order valence-electron chi connectivity index (χ1n) is 9.08. The van der Waals surface area contributed by atoms with Crippen molar-refractivity contribution in [1.29, 1.82) is 0 Å². The molecule has 0 bridgehead atoms. The summed E-state index contributed by atoms with van der Waals surface area (Å²) >= 11 is 0. The predicted octanol–water partition coefficient (Wildman–Crippen LogP) is 1.34. The minimum atomic E-state index is -3.50. The van der Waals surface area contributed by atoms with E-state index in [1.54, 1.807) is 0 Å². The minimum Gasteiger partial charge on any atom is -0.379 e. The van der Waals surface area contributed by atoms with Crippen molar-refractivity contribution < 1.29 is 18.0 Å². The van der Waals surface area contributed by atoms with Crippen LogP contribution in [0.2, 0.25) is 0 Å². The van der Waals surface area contributed by atoms with E-state index in [-0.39, 0.29) is 25.4 Å². The molecule has 1 saturated carbocycles. The Morgan fingerprint density at radius 2 is 1.88 bits per heavy atom. The van der Waals surface area contributed by atoms with Crippen molar-refractivity contribution in [3.63, 3.8) is 0 Å². The number of hydrogen-bond acceptors (Lipinski definition) is 6. The van der Waals surface area contributed by atoms with Crippen LogP contribution in [0.25, 0.3) is 0 Å². The zero-order valence-corrected chi connectivity index (χ0v) is 15.2. The fraction of sp³-hybridized carbons (Fsp3) is 0.556. The Labute approximate surface area is 152 Å². The van der Waals surface area contributed by atoms with Crippen molar-refractivity contribution in [1.82, 2.24) is 14.4 Å². The molecule has 1 saturated heterocycles. The molecule has 0 spiro atoms. The molecule has 2 fully saturated rings. The third-order valence-corrected chi connectivity index (χ3v) is 8.00. The van der Waals surface area contributed by atoms with Gasteiger partial charge in [-0.1, -0.05) is 29.4 Å². The number of aliphatic hydroxyl groups is 1. The van der Waals surface area contributed by atoms with E-state index in [0.717, 1.165) is 24.0 Å². The van der Waals surface area contributed by atoms with Crippen molar-refractivity contribution in [2.24, 2.45) is 0 Å². The van der Waals surface area contributed by atoms with Crippen LogP contribution in [0.5, 0.6) is 0 Å². The number of fused-ring (bicyclic) bond motifs is 1. The van der Waals surface area contributed by atoms with Gasteiger partial charge in [0.1, 0.15) is 0 Å². The Balaban J connectivity index is 1.34. The average molecular weight is 375 g/mol. The normalized spacial score (nSPS) is 27.1. The molecular weight excluding hydrogens is 354 g/mol. The number of sulfonamides is 1. The first-order chi connectivity index (χ1) is 12.5. The Morgan fingerprint density at radius 3 is 2.54 bits per heavy atom. The van der Waals surface area contributed by atoms with E-state index in [2.05, 4.69) is 10.1 Å². The van der Waals surface area contributed by atoms with Crippen molar-refractivity contribution >= 4 is 10.0 Å². The fourth-order valence-electron chi connectivity index (χ4n) is 4.02. The Kier molecular flexibility index (Phi) is 3.54. The molecular formula is C18H21N3O4S. The van der Waals surface area contributed by atoms with Crippen molar-refractivity contribution in [3.05, 3.63) is 47.1 Å². The van der Waals surface area contributed by atoms with Gasteiger partial charge in [0, 0.05) is 18.9 Å². The van der Waals surface area contributed by atoms with E-state index in [4.69, 9.17) is 4.52 Å². The van der Waals surface area contributed by atoms with E-state index in [9.17, 15) is 13.5 Å². The fourth-order valence-corrected chi connectivity index (χ4v) is 5.96. The molecule has 0 radical (unpaired) electrons. The van der Waals surface area contributed by atoms with E-state index in [1.165, 1.54) is 4.31 Å². The van der Waals surface area contributed by atoms with Gasteiger partial charge in [0.05, 0.1) is 11.8 Å². The lowest BCUT2D eigenvalue weighted by atomic mass is 10.0. The van der Waals surface area contributed by atoms with Crippen LogP contribution in [-0.4, -0.2) is 46.3 Å². The van der Waals surface area contributed by atoms with Gasteiger partial charge < -0.3 is 9.63 Å². The summed E-state index contributed by atoms with van der Waals surface area (Å²) in [6.07, 6.45) is 3.41. The highest BCUT2D eigenvalue weighted by Gasteiger charge is 2.49. The molecule has 3 aliphatic rings. The first-order valence-corrected chi connectivity index (χ1v) is 10.6. The van der Waals surface area contributed by atoms with Gasteiger partial charge in [-0.15, -0.1) is 0 Å². The van der Waals surface area contributed by atoms with Crippen molar-refractivity contribution in [3.8, 4) is 0 Å². The second-order valence-electron chi connectivity index (χ2n) is 7.69. The summed E-state index contributed by atoms with van der Waals surface area (Å²) in [5, 5.41) is 14.4. The molecule has 7 nitrogen and oxygen atoms in total. The Hall–Kier alpha value is -1.77. The quantitative estimate of drug-likeness (QED) is 0.866. The van der Waals surface area contributed by atoms with Crippen LogP contribution in [0.4, 0.5) is 0 Å². The third-order valence-electron chi connectivity index (χ3n) is 5.79. The highest BCUT2D eigenvalue weighted by atomic mass is 32.2. The van der Waals surface area contributed by atoms with E-state index in [0.29, 0.717) is 24.6 Å². The summed E-state index contributed by atoms with van der Waals surface area (Å²) in [5.74, 6) is 1.10. The standard InChI is InChI=1S/C18H21N3O4S/c22-18(17-19-16(20-25-17)12-5-6-12)7-8-21(11-18)26(23,24)15-9-13-3-1-2-4-14(13)10-15/h1-4,12,15,22H,5-11H2. The number of nitrogens with zero attached hydrogens (tertiary/aromatic N) is 3. The van der Waals surface area contributed by atoms with Gasteiger partial charge in [0.2, 0.25) is 10.0 Å². The van der Waals surface area contributed by atoms with Gasteiger partial charge in [0.25, 0.3) is 5.89 Å². The lowest BCUT2D eigenvalue weighted by Gasteiger charge is -2.22. The number of benzene rings is 1. The van der Waals surface area contributed by atoms with Crippen LogP contribution in [0, 0.1) is 0 Å². The maximum Gasteiger partial charge on any atom is 0.260 e. The van der Waals surface area contributed by atoms with Gasteiger partial charge in [-0.2, -0.15) is 9.29 Å². The summed E-state index contributed by atoms with van der Waals surface area (Å²) in [4.78, 5) is 4.32. The second kappa shape index (κ2) is 5.61. The molecule has 8 heteroatoms. The molecule has 2 aliphatic carbocycles. The summed E-state index contributed by atoms with van der Waals surface area (Å²) < 4.78 is 32.8. The van der Waals surface area contributed by atoms with Crippen molar-refractivity contribution in [2.75, 3.05) is 13.1 Å². The van der Waals surface area contributed by atoms with Gasteiger partial charge in [-0.05, 0) is 36.8 Å². The Morgan fingerprint density at radius 1 is 1.19 bits per heavy atom. The lowest BCUT2D eigenvalue weighted by Crippen LogP contribution is -2.40. The summed E-state index contributed by atoms with van der Waals surface area (Å²) in [6, 6.07) is 7.86. The monoisotopic (exact) mass is 375 g/mol. The highest BCUT2D eigenvalue weighted by molar-refractivity contribution is 7.89. The molecule has 1 N–H and O–H groups in total. The molecule has 1 aromatic carbocycles. The number of β-amino-alcohol motifs (C(OH)–C–C–N with tert-alkyl or cyclic N) is 1. The minimum absolute atomic E-state index is 0.0194. The number of rotatable bonds is 4. The number of hydrogen-bond donors (Lipinski definition) is 1. The highest BCUT2D eigenvalue weighted by Crippen LogP contribution is 2.40. The topological polar surface area (TPSA) is 96.5 Å². The molecule has 1 aliphatic heterocycles. The van der Waals surface area contributed by atoms with Gasteiger partial charge in [-0.25, -0.2) is 8.42 Å². The molecule has 138 valence electrons. The van der Waals surface area contributed by atoms with Gasteiger partial charge in [-0.3, -0.25) is 0 Å². The second-order valence-corrected chi connectivity index (χ2v) is 9.90. The van der Waals surface area contributed by atoms with Crippen LogP contribution < -0.4 is 0 Å². The molecule has 2 aromatic rings. The van der Waals surface area contributed by atoms with Gasteiger partial charge in [0.15, 0.2) is 11.4 Å². The first kappa shape index (κ1) is 16.4. The number of aromatic nitrogens is 2. The zero-order valence-electron chi connectivity index (χ0n) is 14.3. The van der Waals surface area contributed by atoms with Crippen LogP contribution in [0.3, 0.4) is 0 Å². The molecule has 26 heavy (non-hydrogen) atoms. The lowest BCUT2D eigenvalue weighted by molar-refractivity contribution is 0.0193. The zero-order chi connectivity index (χ0) is 17.9. The third kappa shape index (κ3) is 2.59. The molecule has 1 atom stereocenters. The summed E-state index contributed by atoms with van der Waals surface area (Å²) in [5.41, 5.74) is 0.807. The van der Waals surface area contributed by atoms with Crippen LogP contribution in [-0.2, 0) is 28.5 Å². The van der Waals surface area contributed by atoms with Crippen molar-refractivity contribution in [2.45, 2.75) is 48.9 Å². The van der Waals surface area contributed by atoms with Crippen LogP contribution in [0.15, 0.2) is 28.8 Å². The van der Waals surface area contributed by atoms with E-state index in [1.807, 2.05) is 24.3 Å². The van der Waals surface area contributed by atoms with Crippen LogP contribution in [0.1, 0.15) is 48.0 Å². The Bertz CT molecular complexity index is 928. The van der Waals surface area contributed by atoms with Gasteiger partial charge >= 0.3 is 0 Å². The average Bonchev–Trinajstić information content (AvgIpc) is 3.05. The molecule has 1 aromatic heterocycles. The maximum absolute atomic E-state index is 13.1. The summed E-state index contributed by atoms with van der Waals surface area (Å²) in [7, 11) is -3.50. The van der Waals surface area contributed by atoms with E-state index < -0.39 is 20.9 Å². The maximum atomic E-state index is 13.1.